The highest BCUT2D eigenvalue weighted by Crippen LogP contribution is 2.42. The minimum absolute atomic E-state index is 0.192. The molecule has 0 atom stereocenters. The van der Waals surface area contributed by atoms with Gasteiger partial charge >= 0.3 is 0 Å². The zero-order valence-electron chi connectivity index (χ0n) is 18.5. The Kier molecular flexibility index (Phi) is 4.87. The standard InChI is InChI=1S/C31H28/c1-31(2,3)28-20-24-15-10-16-29(30(24)21-28)27-18-25(22-11-6-4-7-12-22)17-26(19-27)23-13-8-5-9-14-23/h4-20H,21H2,1-3H3. The van der Waals surface area contributed by atoms with Crippen LogP contribution >= 0.6 is 0 Å². The molecule has 0 radical (unpaired) electrons. The molecule has 4 aromatic carbocycles. The summed E-state index contributed by atoms with van der Waals surface area (Å²) in [6, 6.07) is 35.2. The Hall–Kier alpha value is -3.38. The van der Waals surface area contributed by atoms with Gasteiger partial charge in [-0.1, -0.05) is 111 Å². The van der Waals surface area contributed by atoms with Crippen molar-refractivity contribution in [1.29, 1.82) is 0 Å². The third-order valence-electron chi connectivity index (χ3n) is 6.33. The van der Waals surface area contributed by atoms with Crippen molar-refractivity contribution in [2.45, 2.75) is 27.2 Å². The first kappa shape index (κ1) is 19.6. The summed E-state index contributed by atoms with van der Waals surface area (Å²) in [5, 5.41) is 0. The van der Waals surface area contributed by atoms with Crippen LogP contribution < -0.4 is 0 Å². The molecule has 0 spiro atoms. The fourth-order valence-corrected chi connectivity index (χ4v) is 4.50. The van der Waals surface area contributed by atoms with Crippen LogP contribution in [-0.2, 0) is 6.42 Å². The lowest BCUT2D eigenvalue weighted by Crippen LogP contribution is -2.09. The van der Waals surface area contributed by atoms with Gasteiger partial charge in [-0.2, -0.15) is 0 Å². The van der Waals surface area contributed by atoms with Crippen LogP contribution in [0.5, 0.6) is 0 Å². The molecule has 0 unspecified atom stereocenters. The Labute approximate surface area is 185 Å². The summed E-state index contributed by atoms with van der Waals surface area (Å²) in [5.74, 6) is 0. The maximum Gasteiger partial charge on any atom is -0.00464 e. The molecule has 0 amide bonds. The molecular weight excluding hydrogens is 372 g/mol. The Morgan fingerprint density at radius 1 is 0.548 bits per heavy atom. The van der Waals surface area contributed by atoms with Gasteiger partial charge in [0.05, 0.1) is 0 Å². The van der Waals surface area contributed by atoms with Crippen molar-refractivity contribution < 1.29 is 0 Å². The summed E-state index contributed by atoms with van der Waals surface area (Å²) >= 11 is 0. The van der Waals surface area contributed by atoms with Crippen molar-refractivity contribution in [2.24, 2.45) is 5.41 Å². The minimum Gasteiger partial charge on any atom is -0.0622 e. The SMILES string of the molecule is CC(C)(C)C1=Cc2cccc(-c3cc(-c4ccccc4)cc(-c4ccccc4)c3)c2C1. The molecule has 0 N–H and O–H groups in total. The van der Waals surface area contributed by atoms with E-state index in [0.29, 0.717) is 0 Å². The molecule has 0 heterocycles. The van der Waals surface area contributed by atoms with E-state index in [-0.39, 0.29) is 5.41 Å². The van der Waals surface area contributed by atoms with Crippen molar-refractivity contribution >= 4 is 6.08 Å². The van der Waals surface area contributed by atoms with Gasteiger partial charge in [0.2, 0.25) is 0 Å². The molecule has 0 aromatic heterocycles. The first-order valence-electron chi connectivity index (χ1n) is 11.1. The van der Waals surface area contributed by atoms with E-state index in [1.54, 1.807) is 0 Å². The molecule has 0 aliphatic heterocycles. The van der Waals surface area contributed by atoms with E-state index < -0.39 is 0 Å². The zero-order chi connectivity index (χ0) is 21.4. The third-order valence-corrected chi connectivity index (χ3v) is 6.33. The lowest BCUT2D eigenvalue weighted by atomic mass is 9.84. The number of fused-ring (bicyclic) bond motifs is 1. The van der Waals surface area contributed by atoms with Crippen LogP contribution in [0.1, 0.15) is 31.9 Å². The number of hydrogen-bond acceptors (Lipinski definition) is 0. The summed E-state index contributed by atoms with van der Waals surface area (Å²) in [5.41, 5.74) is 12.2. The molecule has 1 aliphatic rings. The minimum atomic E-state index is 0.192. The Morgan fingerprint density at radius 2 is 1.10 bits per heavy atom. The molecule has 0 fully saturated rings. The van der Waals surface area contributed by atoms with E-state index in [9.17, 15) is 0 Å². The van der Waals surface area contributed by atoms with Crippen LogP contribution in [-0.4, -0.2) is 0 Å². The first-order valence-corrected chi connectivity index (χ1v) is 11.1. The number of hydrogen-bond donors (Lipinski definition) is 0. The maximum absolute atomic E-state index is 2.40. The topological polar surface area (TPSA) is 0 Å². The normalized spacial score (nSPS) is 13.1. The summed E-state index contributed by atoms with van der Waals surface area (Å²) in [7, 11) is 0. The maximum atomic E-state index is 2.40. The zero-order valence-corrected chi connectivity index (χ0v) is 18.5. The van der Waals surface area contributed by atoms with Crippen LogP contribution in [0.2, 0.25) is 0 Å². The first-order chi connectivity index (χ1) is 15.0. The monoisotopic (exact) mass is 400 g/mol. The molecule has 31 heavy (non-hydrogen) atoms. The molecule has 0 heteroatoms. The molecule has 152 valence electrons. The van der Waals surface area contributed by atoms with Gasteiger partial charge in [0.15, 0.2) is 0 Å². The summed E-state index contributed by atoms with van der Waals surface area (Å²) in [6.07, 6.45) is 3.43. The summed E-state index contributed by atoms with van der Waals surface area (Å²) in [6.45, 7) is 6.94. The predicted molar refractivity (Wildman–Crippen MR) is 134 cm³/mol. The second kappa shape index (κ2) is 7.71. The molecule has 0 saturated heterocycles. The lowest BCUT2D eigenvalue weighted by molar-refractivity contribution is 0.498. The van der Waals surface area contributed by atoms with Gasteiger partial charge in [-0.15, -0.1) is 0 Å². The van der Waals surface area contributed by atoms with Crippen molar-refractivity contribution in [3.05, 3.63) is 114 Å². The molecule has 1 aliphatic carbocycles. The number of allylic oxidation sites excluding steroid dienone is 1. The fourth-order valence-electron chi connectivity index (χ4n) is 4.50. The average Bonchev–Trinajstić information content (AvgIpc) is 3.25. The lowest BCUT2D eigenvalue weighted by Gasteiger charge is -2.20. The largest absolute Gasteiger partial charge is 0.0622 e. The quantitative estimate of drug-likeness (QED) is 0.323. The second-order valence-electron chi connectivity index (χ2n) is 9.50. The van der Waals surface area contributed by atoms with Gasteiger partial charge in [0, 0.05) is 0 Å². The van der Waals surface area contributed by atoms with Crippen LogP contribution in [0, 0.1) is 5.41 Å². The van der Waals surface area contributed by atoms with Gasteiger partial charge in [0.1, 0.15) is 0 Å². The van der Waals surface area contributed by atoms with Crippen LogP contribution in [0.15, 0.2) is 103 Å². The molecule has 0 bridgehead atoms. The van der Waals surface area contributed by atoms with Crippen LogP contribution in [0.3, 0.4) is 0 Å². The van der Waals surface area contributed by atoms with Crippen molar-refractivity contribution in [3.63, 3.8) is 0 Å². The van der Waals surface area contributed by atoms with E-state index in [1.807, 2.05) is 0 Å². The summed E-state index contributed by atoms with van der Waals surface area (Å²) in [4.78, 5) is 0. The van der Waals surface area contributed by atoms with E-state index in [1.165, 1.54) is 50.1 Å². The highest BCUT2D eigenvalue weighted by molar-refractivity contribution is 5.84. The van der Waals surface area contributed by atoms with Crippen LogP contribution in [0.25, 0.3) is 39.5 Å². The van der Waals surface area contributed by atoms with Gasteiger partial charge < -0.3 is 0 Å². The highest BCUT2D eigenvalue weighted by Gasteiger charge is 2.25. The van der Waals surface area contributed by atoms with Crippen molar-refractivity contribution in [3.8, 4) is 33.4 Å². The molecule has 0 nitrogen and oxygen atoms in total. The molecule has 4 aromatic rings. The smallest absolute Gasteiger partial charge is 0.00464 e. The van der Waals surface area contributed by atoms with Gasteiger partial charge in [-0.3, -0.25) is 0 Å². The van der Waals surface area contributed by atoms with E-state index in [0.717, 1.165) is 6.42 Å². The molecule has 5 rings (SSSR count). The fraction of sp³-hybridized carbons (Fsp3) is 0.161. The second-order valence-corrected chi connectivity index (χ2v) is 9.50. The number of rotatable bonds is 3. The third kappa shape index (κ3) is 3.86. The van der Waals surface area contributed by atoms with Gasteiger partial charge in [-0.25, -0.2) is 0 Å². The molecular formula is C31H28. The van der Waals surface area contributed by atoms with Gasteiger partial charge in [-0.05, 0) is 74.5 Å². The van der Waals surface area contributed by atoms with E-state index in [4.69, 9.17) is 0 Å². The Bertz CT molecular complexity index is 1190. The molecule has 0 saturated carbocycles. The Morgan fingerprint density at radius 3 is 1.65 bits per heavy atom. The average molecular weight is 401 g/mol. The highest BCUT2D eigenvalue weighted by atomic mass is 14.3. The Balaban J connectivity index is 1.68. The van der Waals surface area contributed by atoms with Gasteiger partial charge in [0.25, 0.3) is 0 Å². The van der Waals surface area contributed by atoms with Crippen LogP contribution in [0.4, 0.5) is 0 Å². The van der Waals surface area contributed by atoms with Crippen molar-refractivity contribution in [2.75, 3.05) is 0 Å². The summed E-state index contributed by atoms with van der Waals surface area (Å²) < 4.78 is 0. The predicted octanol–water partition coefficient (Wildman–Crippen LogP) is 8.67. The van der Waals surface area contributed by atoms with E-state index >= 15 is 0 Å². The van der Waals surface area contributed by atoms with Crippen molar-refractivity contribution in [1.82, 2.24) is 0 Å². The number of benzene rings is 4. The van der Waals surface area contributed by atoms with E-state index in [2.05, 4.69) is 124 Å².